The third kappa shape index (κ3) is 2.48. The van der Waals surface area contributed by atoms with E-state index >= 15 is 0 Å². The Morgan fingerprint density at radius 2 is 2.05 bits per heavy atom. The van der Waals surface area contributed by atoms with Crippen LogP contribution in [0.4, 0.5) is 5.82 Å². The number of aromatic nitrogens is 2. The summed E-state index contributed by atoms with van der Waals surface area (Å²) in [5.74, 6) is 1.45. The molecular weight excluding hydrogens is 250 g/mol. The Balaban J connectivity index is 1.79. The predicted molar refractivity (Wildman–Crippen MR) is 80.9 cm³/mol. The molecule has 4 heteroatoms. The maximum atomic E-state index is 5.73. The minimum absolute atomic E-state index is 0.382. The van der Waals surface area contributed by atoms with Crippen LogP contribution in [-0.2, 0) is 4.74 Å². The molecule has 3 rings (SSSR count). The predicted octanol–water partition coefficient (Wildman–Crippen LogP) is 3.17. The van der Waals surface area contributed by atoms with E-state index in [9.17, 15) is 0 Å². The second kappa shape index (κ2) is 5.75. The summed E-state index contributed by atoms with van der Waals surface area (Å²) in [5, 5.41) is 14.3. The Bertz CT molecular complexity index is 599. The Kier molecular flexibility index (Phi) is 3.83. The number of rotatable bonds is 4. The largest absolute Gasteiger partial charge is 0.378 e. The van der Waals surface area contributed by atoms with E-state index in [2.05, 4.69) is 34.6 Å². The van der Waals surface area contributed by atoms with E-state index in [1.165, 1.54) is 5.39 Å². The normalized spacial score (nSPS) is 22.3. The summed E-state index contributed by atoms with van der Waals surface area (Å²) in [6.07, 6.45) is 2.59. The zero-order chi connectivity index (χ0) is 13.9. The third-order valence-electron chi connectivity index (χ3n) is 4.15. The lowest BCUT2D eigenvalue weighted by Crippen LogP contribution is -2.23. The molecule has 1 aliphatic rings. The van der Waals surface area contributed by atoms with Gasteiger partial charge in [0.05, 0.1) is 11.8 Å². The van der Waals surface area contributed by atoms with Crippen molar-refractivity contribution < 1.29 is 4.74 Å². The van der Waals surface area contributed by atoms with Crippen molar-refractivity contribution in [3.8, 4) is 0 Å². The fraction of sp³-hybridized carbons (Fsp3) is 0.500. The van der Waals surface area contributed by atoms with Gasteiger partial charge in [0.25, 0.3) is 0 Å². The number of benzene rings is 1. The van der Waals surface area contributed by atoms with Crippen molar-refractivity contribution in [2.24, 2.45) is 5.92 Å². The van der Waals surface area contributed by atoms with Crippen molar-refractivity contribution in [2.45, 2.75) is 32.8 Å². The minimum atomic E-state index is 0.382. The summed E-state index contributed by atoms with van der Waals surface area (Å²) in [4.78, 5) is 0. The highest BCUT2D eigenvalue weighted by molar-refractivity contribution is 5.92. The highest BCUT2D eigenvalue weighted by atomic mass is 16.5. The van der Waals surface area contributed by atoms with Crippen LogP contribution in [-0.4, -0.2) is 29.5 Å². The Morgan fingerprint density at radius 1 is 1.25 bits per heavy atom. The quantitative estimate of drug-likeness (QED) is 0.928. The van der Waals surface area contributed by atoms with Gasteiger partial charge < -0.3 is 10.1 Å². The van der Waals surface area contributed by atoms with Gasteiger partial charge in [-0.1, -0.05) is 31.2 Å². The number of hydrogen-bond acceptors (Lipinski definition) is 4. The first-order valence-electron chi connectivity index (χ1n) is 7.37. The van der Waals surface area contributed by atoms with Crippen LogP contribution in [0.25, 0.3) is 10.8 Å². The first-order valence-corrected chi connectivity index (χ1v) is 7.37. The highest BCUT2D eigenvalue weighted by Gasteiger charge is 2.26. The molecule has 1 fully saturated rings. The summed E-state index contributed by atoms with van der Waals surface area (Å²) >= 11 is 0. The molecule has 1 aromatic carbocycles. The Hall–Kier alpha value is -1.68. The van der Waals surface area contributed by atoms with Crippen LogP contribution in [0.15, 0.2) is 24.3 Å². The van der Waals surface area contributed by atoms with E-state index in [1.54, 1.807) is 0 Å². The van der Waals surface area contributed by atoms with E-state index < -0.39 is 0 Å². The Labute approximate surface area is 119 Å². The molecule has 1 N–H and O–H groups in total. The molecule has 0 radical (unpaired) electrons. The molecule has 0 amide bonds. The molecule has 0 aliphatic carbocycles. The van der Waals surface area contributed by atoms with Crippen LogP contribution >= 0.6 is 0 Å². The zero-order valence-electron chi connectivity index (χ0n) is 12.1. The van der Waals surface area contributed by atoms with Crippen LogP contribution in [0.5, 0.6) is 0 Å². The first-order chi connectivity index (χ1) is 9.79. The van der Waals surface area contributed by atoms with E-state index in [0.29, 0.717) is 12.0 Å². The minimum Gasteiger partial charge on any atom is -0.378 e. The summed E-state index contributed by atoms with van der Waals surface area (Å²) in [5.41, 5.74) is 0.974. The molecule has 2 unspecified atom stereocenters. The van der Waals surface area contributed by atoms with Crippen LogP contribution < -0.4 is 5.32 Å². The second-order valence-corrected chi connectivity index (χ2v) is 5.43. The molecular formula is C16H21N3O. The van der Waals surface area contributed by atoms with Gasteiger partial charge in [-0.3, -0.25) is 0 Å². The SMILES string of the molecule is CCC1OCCC1CNc1nnc(C)c2ccccc12. The number of anilines is 1. The fourth-order valence-corrected chi connectivity index (χ4v) is 2.97. The molecule has 20 heavy (non-hydrogen) atoms. The van der Waals surface area contributed by atoms with Crippen molar-refractivity contribution in [3.63, 3.8) is 0 Å². The summed E-state index contributed by atoms with van der Waals surface area (Å²) in [7, 11) is 0. The van der Waals surface area contributed by atoms with E-state index in [1.807, 2.05) is 19.1 Å². The monoisotopic (exact) mass is 271 g/mol. The van der Waals surface area contributed by atoms with Gasteiger partial charge in [-0.25, -0.2) is 0 Å². The summed E-state index contributed by atoms with van der Waals surface area (Å²) in [6, 6.07) is 8.28. The molecule has 2 heterocycles. The van der Waals surface area contributed by atoms with Gasteiger partial charge in [-0.05, 0) is 19.8 Å². The van der Waals surface area contributed by atoms with Gasteiger partial charge in [-0.2, -0.15) is 5.10 Å². The number of fused-ring (bicyclic) bond motifs is 1. The third-order valence-corrected chi connectivity index (χ3v) is 4.15. The lowest BCUT2D eigenvalue weighted by atomic mass is 9.99. The molecule has 1 aromatic heterocycles. The topological polar surface area (TPSA) is 47.0 Å². The lowest BCUT2D eigenvalue weighted by molar-refractivity contribution is 0.0900. The molecule has 1 aliphatic heterocycles. The van der Waals surface area contributed by atoms with Crippen LogP contribution in [0.3, 0.4) is 0 Å². The van der Waals surface area contributed by atoms with Crippen LogP contribution in [0.1, 0.15) is 25.5 Å². The number of ether oxygens (including phenoxy) is 1. The smallest absolute Gasteiger partial charge is 0.156 e. The van der Waals surface area contributed by atoms with E-state index in [0.717, 1.165) is 42.9 Å². The van der Waals surface area contributed by atoms with E-state index in [-0.39, 0.29) is 0 Å². The van der Waals surface area contributed by atoms with Crippen LogP contribution in [0, 0.1) is 12.8 Å². The maximum Gasteiger partial charge on any atom is 0.156 e. The van der Waals surface area contributed by atoms with Gasteiger partial charge in [0.1, 0.15) is 0 Å². The fourth-order valence-electron chi connectivity index (χ4n) is 2.97. The molecule has 0 saturated carbocycles. The lowest BCUT2D eigenvalue weighted by Gasteiger charge is -2.18. The van der Waals surface area contributed by atoms with Crippen molar-refractivity contribution in [2.75, 3.05) is 18.5 Å². The van der Waals surface area contributed by atoms with Crippen molar-refractivity contribution in [1.82, 2.24) is 10.2 Å². The average Bonchev–Trinajstić information content (AvgIpc) is 2.94. The van der Waals surface area contributed by atoms with Crippen molar-refractivity contribution in [1.29, 1.82) is 0 Å². The molecule has 2 aromatic rings. The van der Waals surface area contributed by atoms with Gasteiger partial charge >= 0.3 is 0 Å². The van der Waals surface area contributed by atoms with Crippen molar-refractivity contribution in [3.05, 3.63) is 30.0 Å². The summed E-state index contributed by atoms with van der Waals surface area (Å²) < 4.78 is 5.73. The molecule has 1 saturated heterocycles. The second-order valence-electron chi connectivity index (χ2n) is 5.43. The number of hydrogen-bond donors (Lipinski definition) is 1. The highest BCUT2D eigenvalue weighted by Crippen LogP contribution is 2.26. The van der Waals surface area contributed by atoms with Gasteiger partial charge in [0, 0.05) is 29.8 Å². The molecule has 2 atom stereocenters. The summed E-state index contributed by atoms with van der Waals surface area (Å²) in [6.45, 7) is 5.96. The molecule has 0 spiro atoms. The number of nitrogens with one attached hydrogen (secondary N) is 1. The number of aryl methyl sites for hydroxylation is 1. The molecule has 0 bridgehead atoms. The van der Waals surface area contributed by atoms with Gasteiger partial charge in [-0.15, -0.1) is 5.10 Å². The van der Waals surface area contributed by atoms with Crippen molar-refractivity contribution >= 4 is 16.6 Å². The Morgan fingerprint density at radius 3 is 2.85 bits per heavy atom. The van der Waals surface area contributed by atoms with Crippen LogP contribution in [0.2, 0.25) is 0 Å². The molecule has 106 valence electrons. The number of nitrogens with zero attached hydrogens (tertiary/aromatic N) is 2. The standard InChI is InChI=1S/C16H21N3O/c1-3-15-12(8-9-20-15)10-17-16-14-7-5-4-6-13(14)11(2)18-19-16/h4-7,12,15H,3,8-10H2,1-2H3,(H,17,19). The van der Waals surface area contributed by atoms with E-state index in [4.69, 9.17) is 4.74 Å². The zero-order valence-corrected chi connectivity index (χ0v) is 12.1. The van der Waals surface area contributed by atoms with Gasteiger partial charge in [0.2, 0.25) is 0 Å². The molecule has 4 nitrogen and oxygen atoms in total. The maximum absolute atomic E-state index is 5.73. The van der Waals surface area contributed by atoms with Gasteiger partial charge in [0.15, 0.2) is 5.82 Å². The first kappa shape index (κ1) is 13.3. The average molecular weight is 271 g/mol.